The third-order valence-electron chi connectivity index (χ3n) is 1.24. The summed E-state index contributed by atoms with van der Waals surface area (Å²) in [4.78, 5) is 8.81. The number of quaternary nitrogens is 1. The number of nitrogens with zero attached hydrogens (tertiary/aromatic N) is 3. The summed E-state index contributed by atoms with van der Waals surface area (Å²) in [6.45, 7) is 0. The second-order valence-corrected chi connectivity index (χ2v) is 1.88. The van der Waals surface area contributed by atoms with Crippen LogP contribution in [-0.2, 0) is 0 Å². The van der Waals surface area contributed by atoms with Crippen molar-refractivity contribution < 1.29 is 4.90 Å². The number of aromatic nitrogens is 3. The van der Waals surface area contributed by atoms with Gasteiger partial charge in [0, 0.05) is 0 Å². The fourth-order valence-corrected chi connectivity index (χ4v) is 0.774. The Morgan fingerprint density at radius 2 is 2.50 bits per heavy atom. The van der Waals surface area contributed by atoms with Gasteiger partial charge in [0.25, 0.3) is 0 Å². The van der Waals surface area contributed by atoms with E-state index in [1.165, 1.54) is 6.33 Å². The van der Waals surface area contributed by atoms with Crippen molar-refractivity contribution in [3.05, 3.63) is 18.7 Å². The zero-order valence-corrected chi connectivity index (χ0v) is 5.15. The Labute approximate surface area is 57.1 Å². The molecule has 1 atom stereocenters. The van der Waals surface area contributed by atoms with Gasteiger partial charge in [0.1, 0.15) is 12.5 Å². The minimum Gasteiger partial charge on any atom is -0.212 e. The van der Waals surface area contributed by atoms with Crippen LogP contribution in [0.4, 0.5) is 5.95 Å². The van der Waals surface area contributed by atoms with Gasteiger partial charge in [0.15, 0.2) is 0 Å². The standard InChI is InChI=1S/C5H5N5/c1-2-10(4-6-1)5-7-3-8-9-5/h1-4H,(H,7,8,9)/p+1. The minimum atomic E-state index is 0.762. The van der Waals surface area contributed by atoms with Crippen LogP contribution in [0.1, 0.15) is 0 Å². The molecule has 0 aliphatic carbocycles. The molecule has 10 heavy (non-hydrogen) atoms. The summed E-state index contributed by atoms with van der Waals surface area (Å²) in [6.07, 6.45) is 6.81. The lowest BCUT2D eigenvalue weighted by Gasteiger charge is -1.95. The molecule has 1 aromatic rings. The van der Waals surface area contributed by atoms with E-state index < -0.39 is 0 Å². The van der Waals surface area contributed by atoms with Crippen molar-refractivity contribution >= 4 is 12.3 Å². The van der Waals surface area contributed by atoms with Gasteiger partial charge in [-0.1, -0.05) is 0 Å². The average molecular weight is 136 g/mol. The van der Waals surface area contributed by atoms with E-state index in [0.29, 0.717) is 0 Å². The lowest BCUT2D eigenvalue weighted by Crippen LogP contribution is -3.00. The number of aliphatic imine (C=N–C) groups is 1. The van der Waals surface area contributed by atoms with Crippen molar-refractivity contribution in [1.29, 1.82) is 0 Å². The van der Waals surface area contributed by atoms with Gasteiger partial charge in [-0.25, -0.2) is 10.1 Å². The van der Waals surface area contributed by atoms with Gasteiger partial charge < -0.3 is 0 Å². The Morgan fingerprint density at radius 3 is 3.10 bits per heavy atom. The fourth-order valence-electron chi connectivity index (χ4n) is 0.774. The van der Waals surface area contributed by atoms with Crippen molar-refractivity contribution in [2.45, 2.75) is 0 Å². The Kier molecular flexibility index (Phi) is 1.08. The molecular weight excluding hydrogens is 130 g/mol. The Bertz CT molecular complexity index is 248. The SMILES string of the molecule is C1=C[NH+](c2ncn[nH]2)C=N1. The van der Waals surface area contributed by atoms with Crippen LogP contribution in [0.2, 0.25) is 0 Å². The highest BCUT2D eigenvalue weighted by molar-refractivity contribution is 5.50. The summed E-state index contributed by atoms with van der Waals surface area (Å²) in [5.41, 5.74) is 0. The first kappa shape index (κ1) is 5.31. The van der Waals surface area contributed by atoms with Crippen LogP contribution in [0.15, 0.2) is 23.7 Å². The molecule has 0 fully saturated rings. The maximum absolute atomic E-state index is 3.95. The summed E-state index contributed by atoms with van der Waals surface area (Å²) in [6, 6.07) is 0. The second kappa shape index (κ2) is 2.03. The van der Waals surface area contributed by atoms with Crippen molar-refractivity contribution in [1.82, 2.24) is 15.2 Å². The highest BCUT2D eigenvalue weighted by Gasteiger charge is 2.11. The van der Waals surface area contributed by atoms with Crippen LogP contribution in [0.25, 0.3) is 0 Å². The molecule has 50 valence electrons. The van der Waals surface area contributed by atoms with Gasteiger partial charge in [0.05, 0.1) is 6.20 Å². The first-order valence-corrected chi connectivity index (χ1v) is 2.89. The molecule has 1 aliphatic rings. The second-order valence-electron chi connectivity index (χ2n) is 1.88. The molecule has 0 radical (unpaired) electrons. The molecular formula is C5H6N5+. The molecule has 0 saturated carbocycles. The molecule has 1 aliphatic heterocycles. The van der Waals surface area contributed by atoms with E-state index in [1.807, 2.05) is 6.20 Å². The average Bonchev–Trinajstić information content (AvgIpc) is 2.59. The monoisotopic (exact) mass is 136 g/mol. The molecule has 2 N–H and O–H groups in total. The lowest BCUT2D eigenvalue weighted by atomic mass is 10.8. The van der Waals surface area contributed by atoms with Gasteiger partial charge in [-0.15, -0.1) is 0 Å². The molecule has 1 unspecified atom stereocenters. The van der Waals surface area contributed by atoms with E-state index in [1.54, 1.807) is 12.5 Å². The van der Waals surface area contributed by atoms with Crippen LogP contribution in [0.5, 0.6) is 0 Å². The molecule has 0 amide bonds. The topological polar surface area (TPSA) is 58.4 Å². The largest absolute Gasteiger partial charge is 0.333 e. The number of hydrogen-bond acceptors (Lipinski definition) is 3. The number of rotatable bonds is 1. The smallest absolute Gasteiger partial charge is 0.212 e. The van der Waals surface area contributed by atoms with Crippen LogP contribution in [-0.4, -0.2) is 21.5 Å². The van der Waals surface area contributed by atoms with Gasteiger partial charge in [-0.3, -0.25) is 0 Å². The van der Waals surface area contributed by atoms with Crippen LogP contribution in [0.3, 0.4) is 0 Å². The number of hydrogen-bond donors (Lipinski definition) is 2. The molecule has 5 nitrogen and oxygen atoms in total. The van der Waals surface area contributed by atoms with Crippen molar-refractivity contribution in [2.75, 3.05) is 0 Å². The Morgan fingerprint density at radius 1 is 1.50 bits per heavy atom. The molecule has 5 heteroatoms. The highest BCUT2D eigenvalue weighted by Crippen LogP contribution is 1.84. The van der Waals surface area contributed by atoms with Gasteiger partial charge in [-0.2, -0.15) is 15.0 Å². The summed E-state index contributed by atoms with van der Waals surface area (Å²) < 4.78 is 0. The third-order valence-corrected chi connectivity index (χ3v) is 1.24. The zero-order valence-electron chi connectivity index (χ0n) is 5.15. The fraction of sp³-hybridized carbons (Fsp3) is 0. The summed E-state index contributed by atoms with van der Waals surface area (Å²) >= 11 is 0. The maximum atomic E-state index is 3.95. The molecule has 0 bridgehead atoms. The number of H-pyrrole nitrogens is 1. The van der Waals surface area contributed by atoms with E-state index >= 15 is 0 Å². The molecule has 2 heterocycles. The van der Waals surface area contributed by atoms with E-state index in [4.69, 9.17) is 0 Å². The number of nitrogens with one attached hydrogen (secondary N) is 2. The summed E-state index contributed by atoms with van der Waals surface area (Å²) in [5.74, 6) is 0.762. The molecule has 2 rings (SSSR count). The summed E-state index contributed by atoms with van der Waals surface area (Å²) in [5, 5.41) is 6.45. The maximum Gasteiger partial charge on any atom is 0.333 e. The van der Waals surface area contributed by atoms with Crippen molar-refractivity contribution in [3.63, 3.8) is 0 Å². The quantitative estimate of drug-likeness (QED) is 0.511. The first-order valence-electron chi connectivity index (χ1n) is 2.89. The van der Waals surface area contributed by atoms with E-state index in [-0.39, 0.29) is 0 Å². The predicted molar refractivity (Wildman–Crippen MR) is 34.6 cm³/mol. The third kappa shape index (κ3) is 0.725. The summed E-state index contributed by atoms with van der Waals surface area (Å²) in [7, 11) is 0. The molecule has 1 aromatic heterocycles. The molecule has 0 aromatic carbocycles. The minimum absolute atomic E-state index is 0.762. The van der Waals surface area contributed by atoms with Gasteiger partial charge in [-0.05, 0) is 0 Å². The molecule has 0 saturated heterocycles. The van der Waals surface area contributed by atoms with E-state index in [0.717, 1.165) is 10.8 Å². The Balaban J connectivity index is 2.29. The Hall–Kier alpha value is -1.49. The van der Waals surface area contributed by atoms with Gasteiger partial charge >= 0.3 is 5.95 Å². The highest BCUT2D eigenvalue weighted by atomic mass is 15.4. The van der Waals surface area contributed by atoms with Crippen molar-refractivity contribution in [2.24, 2.45) is 4.99 Å². The predicted octanol–water partition coefficient (Wildman–Crippen LogP) is -1.17. The number of aromatic amines is 1. The zero-order chi connectivity index (χ0) is 6.81. The normalized spacial score (nSPS) is 22.2. The first-order chi connectivity index (χ1) is 4.97. The van der Waals surface area contributed by atoms with Crippen LogP contribution >= 0.6 is 0 Å². The molecule has 0 spiro atoms. The van der Waals surface area contributed by atoms with E-state index in [2.05, 4.69) is 20.2 Å². The lowest BCUT2D eigenvalue weighted by molar-refractivity contribution is -0.661. The van der Waals surface area contributed by atoms with Crippen LogP contribution < -0.4 is 4.90 Å². The van der Waals surface area contributed by atoms with E-state index in [9.17, 15) is 0 Å². The van der Waals surface area contributed by atoms with Crippen LogP contribution in [0, 0.1) is 0 Å². The van der Waals surface area contributed by atoms with Gasteiger partial charge in [0.2, 0.25) is 6.34 Å². The van der Waals surface area contributed by atoms with Crippen molar-refractivity contribution in [3.8, 4) is 0 Å².